The molecule has 2 amide bonds. The van der Waals surface area contributed by atoms with Crippen molar-refractivity contribution in [3.63, 3.8) is 0 Å². The summed E-state index contributed by atoms with van der Waals surface area (Å²) in [7, 11) is 0. The number of fused-ring (bicyclic) bond motifs is 3. The number of carboxylic acids is 1. The molecule has 4 rings (SSSR count). The number of nitrogens with one attached hydrogen (secondary N) is 2. The summed E-state index contributed by atoms with van der Waals surface area (Å²) in [5.41, 5.74) is 4.66. The van der Waals surface area contributed by atoms with Gasteiger partial charge in [0.05, 0.1) is 0 Å². The lowest BCUT2D eigenvalue weighted by Gasteiger charge is -2.21. The van der Waals surface area contributed by atoms with Crippen molar-refractivity contribution in [2.24, 2.45) is 17.8 Å². The minimum Gasteiger partial charge on any atom is -0.480 e. The van der Waals surface area contributed by atoms with E-state index in [0.29, 0.717) is 12.5 Å². The van der Waals surface area contributed by atoms with Crippen molar-refractivity contribution in [2.75, 3.05) is 13.2 Å². The van der Waals surface area contributed by atoms with Gasteiger partial charge in [0.2, 0.25) is 5.91 Å². The highest BCUT2D eigenvalue weighted by Gasteiger charge is 2.34. The van der Waals surface area contributed by atoms with Crippen molar-refractivity contribution in [3.05, 3.63) is 59.7 Å². The van der Waals surface area contributed by atoms with Crippen molar-refractivity contribution in [1.82, 2.24) is 10.6 Å². The van der Waals surface area contributed by atoms with E-state index in [9.17, 15) is 19.5 Å². The molecule has 0 aliphatic heterocycles. The Morgan fingerprint density at radius 2 is 1.59 bits per heavy atom. The molecule has 3 N–H and O–H groups in total. The standard InChI is InChI=1S/C27H32N2O5/c1-16(2)25(26(31)32)29-24(30)13-18(17-11-12-17)14-28-27(33)34-15-23-21-9-5-3-7-19(21)20-8-4-6-10-22(20)23/h3-10,16-18,23,25H,11-15H2,1-2H3,(H,28,33)(H,29,30)(H,31,32)/t18?,25-/m1/s1. The molecule has 0 bridgehead atoms. The number of amides is 2. The highest BCUT2D eigenvalue weighted by molar-refractivity contribution is 5.84. The third kappa shape index (κ3) is 5.41. The highest BCUT2D eigenvalue weighted by Crippen LogP contribution is 2.44. The van der Waals surface area contributed by atoms with Crippen molar-refractivity contribution in [3.8, 4) is 11.1 Å². The minimum atomic E-state index is -1.04. The zero-order valence-electron chi connectivity index (χ0n) is 19.6. The Labute approximate surface area is 199 Å². The van der Waals surface area contributed by atoms with Crippen LogP contribution in [0.5, 0.6) is 0 Å². The maximum absolute atomic E-state index is 12.5. The first-order valence-corrected chi connectivity index (χ1v) is 12.0. The Hall–Kier alpha value is -3.35. The van der Waals surface area contributed by atoms with Crippen LogP contribution in [0.25, 0.3) is 11.1 Å². The van der Waals surface area contributed by atoms with Crippen LogP contribution in [0.3, 0.4) is 0 Å². The summed E-state index contributed by atoms with van der Waals surface area (Å²) in [6, 6.07) is 15.4. The van der Waals surface area contributed by atoms with Gasteiger partial charge in [0.1, 0.15) is 12.6 Å². The molecule has 2 atom stereocenters. The summed E-state index contributed by atoms with van der Waals surface area (Å²) in [6.07, 6.45) is 1.71. The molecule has 0 radical (unpaired) electrons. The van der Waals surface area contributed by atoms with Crippen molar-refractivity contribution in [2.45, 2.75) is 45.1 Å². The number of hydrogen-bond donors (Lipinski definition) is 3. The van der Waals surface area contributed by atoms with Gasteiger partial charge in [0, 0.05) is 18.9 Å². The number of benzene rings is 2. The lowest BCUT2D eigenvalue weighted by molar-refractivity contribution is -0.143. The Balaban J connectivity index is 1.30. The first-order valence-electron chi connectivity index (χ1n) is 12.0. The molecule has 2 aliphatic carbocycles. The quantitative estimate of drug-likeness (QED) is 0.490. The van der Waals surface area contributed by atoms with Crippen LogP contribution in [0.2, 0.25) is 0 Å². The van der Waals surface area contributed by atoms with Crippen molar-refractivity contribution in [1.29, 1.82) is 0 Å². The minimum absolute atomic E-state index is 0.00728. The molecule has 2 aromatic carbocycles. The first-order chi connectivity index (χ1) is 16.3. The summed E-state index contributed by atoms with van der Waals surface area (Å²) in [4.78, 5) is 36.3. The lowest BCUT2D eigenvalue weighted by Crippen LogP contribution is -2.45. The molecule has 0 aromatic heterocycles. The topological polar surface area (TPSA) is 105 Å². The summed E-state index contributed by atoms with van der Waals surface area (Å²) in [5, 5.41) is 14.7. The number of aliphatic carboxylic acids is 1. The molecule has 2 aliphatic rings. The summed E-state index contributed by atoms with van der Waals surface area (Å²) >= 11 is 0. The second-order valence-corrected chi connectivity index (χ2v) is 9.64. The molecule has 1 saturated carbocycles. The molecule has 2 aromatic rings. The predicted molar refractivity (Wildman–Crippen MR) is 128 cm³/mol. The Morgan fingerprint density at radius 1 is 1.00 bits per heavy atom. The van der Waals surface area contributed by atoms with E-state index in [0.717, 1.165) is 24.0 Å². The molecule has 34 heavy (non-hydrogen) atoms. The van der Waals surface area contributed by atoms with Crippen LogP contribution < -0.4 is 10.6 Å². The maximum atomic E-state index is 12.5. The van der Waals surface area contributed by atoms with E-state index in [4.69, 9.17) is 4.74 Å². The molecular formula is C27H32N2O5. The number of carbonyl (C=O) groups excluding carboxylic acids is 2. The monoisotopic (exact) mass is 464 g/mol. The van der Waals surface area contributed by atoms with Crippen LogP contribution in [0, 0.1) is 17.8 Å². The van der Waals surface area contributed by atoms with Gasteiger partial charge in [0.15, 0.2) is 0 Å². The van der Waals surface area contributed by atoms with Crippen molar-refractivity contribution < 1.29 is 24.2 Å². The number of alkyl carbamates (subject to hydrolysis) is 1. The molecule has 0 saturated heterocycles. The number of carbonyl (C=O) groups is 3. The lowest BCUT2D eigenvalue weighted by atomic mass is 9.98. The predicted octanol–water partition coefficient (Wildman–Crippen LogP) is 4.17. The number of hydrogen-bond acceptors (Lipinski definition) is 4. The van der Waals surface area contributed by atoms with Crippen LogP contribution in [-0.4, -0.2) is 42.3 Å². The van der Waals surface area contributed by atoms with Gasteiger partial charge in [-0.2, -0.15) is 0 Å². The SMILES string of the molecule is CC(C)[C@@H](NC(=O)CC(CNC(=O)OCC1c2ccccc2-c2ccccc21)C1CC1)C(=O)O. The van der Waals surface area contributed by atoms with E-state index in [2.05, 4.69) is 34.9 Å². The van der Waals surface area contributed by atoms with E-state index in [1.165, 1.54) is 11.1 Å². The summed E-state index contributed by atoms with van der Waals surface area (Å²) in [5.74, 6) is -1.23. The van der Waals surface area contributed by atoms with Crippen LogP contribution in [0.1, 0.15) is 50.2 Å². The van der Waals surface area contributed by atoms with Gasteiger partial charge in [-0.25, -0.2) is 9.59 Å². The molecule has 1 unspecified atom stereocenters. The molecule has 7 nitrogen and oxygen atoms in total. The summed E-state index contributed by atoms with van der Waals surface area (Å²) in [6.45, 7) is 4.09. The van der Waals surface area contributed by atoms with Gasteiger partial charge in [0.25, 0.3) is 0 Å². The Bertz CT molecular complexity index is 1020. The van der Waals surface area contributed by atoms with E-state index in [1.54, 1.807) is 13.8 Å². The molecule has 7 heteroatoms. The normalized spacial score (nSPS) is 16.3. The Kier molecular flexibility index (Phi) is 7.20. The fourth-order valence-electron chi connectivity index (χ4n) is 4.82. The van der Waals surface area contributed by atoms with Gasteiger partial charge in [-0.1, -0.05) is 62.4 Å². The van der Waals surface area contributed by atoms with Gasteiger partial charge >= 0.3 is 12.1 Å². The zero-order chi connectivity index (χ0) is 24.2. The molecule has 0 spiro atoms. The van der Waals surface area contributed by atoms with Gasteiger partial charge in [-0.15, -0.1) is 0 Å². The van der Waals surface area contributed by atoms with Crippen LogP contribution in [0.15, 0.2) is 48.5 Å². The fraction of sp³-hybridized carbons (Fsp3) is 0.444. The third-order valence-electron chi connectivity index (χ3n) is 6.84. The number of rotatable bonds is 10. The van der Waals surface area contributed by atoms with Crippen LogP contribution in [-0.2, 0) is 14.3 Å². The fourth-order valence-corrected chi connectivity index (χ4v) is 4.82. The van der Waals surface area contributed by atoms with Gasteiger partial charge < -0.3 is 20.5 Å². The molecular weight excluding hydrogens is 432 g/mol. The molecule has 1 fully saturated rings. The van der Waals surface area contributed by atoms with E-state index in [1.807, 2.05) is 24.3 Å². The maximum Gasteiger partial charge on any atom is 0.407 e. The molecule has 0 heterocycles. The van der Waals surface area contributed by atoms with Crippen LogP contribution >= 0.6 is 0 Å². The number of carboxylic acid groups (broad SMARTS) is 1. The van der Waals surface area contributed by atoms with Crippen LogP contribution in [0.4, 0.5) is 4.79 Å². The van der Waals surface area contributed by atoms with E-state index >= 15 is 0 Å². The summed E-state index contributed by atoms with van der Waals surface area (Å²) < 4.78 is 5.59. The second-order valence-electron chi connectivity index (χ2n) is 9.64. The largest absolute Gasteiger partial charge is 0.480 e. The smallest absolute Gasteiger partial charge is 0.407 e. The van der Waals surface area contributed by atoms with Gasteiger partial charge in [-0.05, 0) is 52.8 Å². The first kappa shape index (κ1) is 23.8. The average molecular weight is 465 g/mol. The van der Waals surface area contributed by atoms with E-state index < -0.39 is 18.1 Å². The zero-order valence-corrected chi connectivity index (χ0v) is 19.6. The van der Waals surface area contributed by atoms with Gasteiger partial charge in [-0.3, -0.25) is 4.79 Å². The average Bonchev–Trinajstić information content (AvgIpc) is 3.61. The number of ether oxygens (including phenoxy) is 1. The molecule has 180 valence electrons. The highest BCUT2D eigenvalue weighted by atomic mass is 16.5. The van der Waals surface area contributed by atoms with Crippen molar-refractivity contribution >= 4 is 18.0 Å². The van der Waals surface area contributed by atoms with E-state index in [-0.39, 0.29) is 36.7 Å². The third-order valence-corrected chi connectivity index (χ3v) is 6.84. The Morgan fingerprint density at radius 3 is 2.12 bits per heavy atom. The second kappa shape index (κ2) is 10.3.